The molecule has 2 heterocycles. The molecule has 0 aliphatic heterocycles. The van der Waals surface area contributed by atoms with Gasteiger partial charge in [-0.3, -0.25) is 0 Å². The smallest absolute Gasteiger partial charge is 0.274 e. The van der Waals surface area contributed by atoms with Crippen LogP contribution in [0.4, 0.5) is 0 Å². The molecule has 1 fully saturated rings. The number of aromatic nitrogens is 1. The molecule has 0 spiro atoms. The molecule has 1 saturated carbocycles. The van der Waals surface area contributed by atoms with Crippen LogP contribution < -0.4 is 10.0 Å². The van der Waals surface area contributed by atoms with E-state index in [0.29, 0.717) is 24.0 Å². The van der Waals surface area contributed by atoms with E-state index in [2.05, 4.69) is 15.0 Å². The summed E-state index contributed by atoms with van der Waals surface area (Å²) in [5, 5.41) is 5.98. The Morgan fingerprint density at radius 1 is 1.38 bits per heavy atom. The zero-order chi connectivity index (χ0) is 14.9. The fourth-order valence-corrected chi connectivity index (χ4v) is 3.42. The Balaban J connectivity index is 1.60. The normalized spacial score (nSPS) is 15.5. The van der Waals surface area contributed by atoms with E-state index in [0.717, 1.165) is 5.01 Å². The number of thiazole rings is 1. The largest absolute Gasteiger partial charge is 0.447 e. The molecule has 0 atom stereocenters. The van der Waals surface area contributed by atoms with Crippen molar-refractivity contribution in [1.82, 2.24) is 15.0 Å². The molecule has 2 aromatic heterocycles. The molecular weight excluding hydrogens is 310 g/mol. The highest BCUT2D eigenvalue weighted by Gasteiger charge is 2.22. The molecule has 2 N–H and O–H groups in total. The topological polar surface area (TPSA) is 84.2 Å². The Labute approximate surface area is 127 Å². The lowest BCUT2D eigenvalue weighted by molar-refractivity contribution is 0.399. The Kier molecular flexibility index (Phi) is 4.12. The van der Waals surface area contributed by atoms with Gasteiger partial charge in [-0.05, 0) is 31.9 Å². The number of furan rings is 1. The van der Waals surface area contributed by atoms with Crippen LogP contribution in [-0.4, -0.2) is 19.4 Å². The summed E-state index contributed by atoms with van der Waals surface area (Å²) in [5.74, 6) is 0.631. The molecule has 0 aromatic carbocycles. The molecule has 1 aliphatic carbocycles. The average molecular weight is 327 g/mol. The fraction of sp³-hybridized carbons (Fsp3) is 0.462. The van der Waals surface area contributed by atoms with Gasteiger partial charge in [0.2, 0.25) is 5.09 Å². The number of hydrogen-bond acceptors (Lipinski definition) is 6. The zero-order valence-corrected chi connectivity index (χ0v) is 13.3. The number of aryl methyl sites for hydroxylation is 1. The van der Waals surface area contributed by atoms with Crippen molar-refractivity contribution in [3.05, 3.63) is 34.0 Å². The van der Waals surface area contributed by atoms with Gasteiger partial charge in [-0.25, -0.2) is 18.1 Å². The predicted octanol–water partition coefficient (Wildman–Crippen LogP) is 1.78. The van der Waals surface area contributed by atoms with E-state index < -0.39 is 10.0 Å². The van der Waals surface area contributed by atoms with E-state index >= 15 is 0 Å². The third kappa shape index (κ3) is 3.91. The van der Waals surface area contributed by atoms with Crippen LogP contribution in [0.15, 0.2) is 27.0 Å². The van der Waals surface area contributed by atoms with Crippen molar-refractivity contribution in [2.24, 2.45) is 0 Å². The van der Waals surface area contributed by atoms with Crippen molar-refractivity contribution in [1.29, 1.82) is 0 Å². The molecule has 8 heteroatoms. The van der Waals surface area contributed by atoms with Gasteiger partial charge in [0.1, 0.15) is 5.76 Å². The van der Waals surface area contributed by atoms with Gasteiger partial charge in [0, 0.05) is 11.4 Å². The maximum absolute atomic E-state index is 12.1. The van der Waals surface area contributed by atoms with Gasteiger partial charge < -0.3 is 9.73 Å². The monoisotopic (exact) mass is 327 g/mol. The van der Waals surface area contributed by atoms with E-state index in [1.807, 2.05) is 12.3 Å². The number of nitrogens with zero attached hydrogens (tertiary/aromatic N) is 1. The molecule has 6 nitrogen and oxygen atoms in total. The van der Waals surface area contributed by atoms with Gasteiger partial charge in [0.25, 0.3) is 10.0 Å². The van der Waals surface area contributed by atoms with Crippen LogP contribution in [0.25, 0.3) is 0 Å². The van der Waals surface area contributed by atoms with Crippen molar-refractivity contribution < 1.29 is 12.8 Å². The van der Waals surface area contributed by atoms with Crippen LogP contribution in [0, 0.1) is 6.92 Å². The maximum atomic E-state index is 12.1. The first-order valence-corrected chi connectivity index (χ1v) is 9.12. The highest BCUT2D eigenvalue weighted by molar-refractivity contribution is 7.89. The van der Waals surface area contributed by atoms with Crippen molar-refractivity contribution in [3.63, 3.8) is 0 Å². The lowest BCUT2D eigenvalue weighted by Crippen LogP contribution is -2.23. The van der Waals surface area contributed by atoms with Gasteiger partial charge in [0.05, 0.1) is 23.8 Å². The van der Waals surface area contributed by atoms with Crippen molar-refractivity contribution >= 4 is 21.4 Å². The number of rotatable bonds is 7. The van der Waals surface area contributed by atoms with Crippen molar-refractivity contribution in [2.45, 2.75) is 44.0 Å². The Bertz CT molecular complexity index is 717. The van der Waals surface area contributed by atoms with Gasteiger partial charge in [-0.2, -0.15) is 0 Å². The molecule has 0 unspecified atom stereocenters. The van der Waals surface area contributed by atoms with Gasteiger partial charge >= 0.3 is 0 Å². The number of sulfonamides is 1. The molecule has 0 radical (unpaired) electrons. The number of hydrogen-bond donors (Lipinski definition) is 2. The molecule has 1 aliphatic rings. The Hall–Kier alpha value is -1.22. The average Bonchev–Trinajstić information content (AvgIpc) is 2.97. The minimum Gasteiger partial charge on any atom is -0.447 e. The summed E-state index contributed by atoms with van der Waals surface area (Å²) in [7, 11) is -3.63. The van der Waals surface area contributed by atoms with Gasteiger partial charge in [-0.1, -0.05) is 0 Å². The molecule has 114 valence electrons. The van der Waals surface area contributed by atoms with Crippen LogP contribution in [0.5, 0.6) is 0 Å². The van der Waals surface area contributed by atoms with Crippen LogP contribution in [0.1, 0.15) is 29.3 Å². The lowest BCUT2D eigenvalue weighted by Gasteiger charge is -2.02. The minimum atomic E-state index is -3.63. The maximum Gasteiger partial charge on any atom is 0.274 e. The molecule has 0 saturated heterocycles. The van der Waals surface area contributed by atoms with E-state index in [1.165, 1.54) is 30.2 Å². The summed E-state index contributed by atoms with van der Waals surface area (Å²) < 4.78 is 32.1. The lowest BCUT2D eigenvalue weighted by atomic mass is 10.4. The standard InChI is InChI=1S/C13H17N3O3S2/c1-9-16-11(8-20-9)6-15-21(17,18)13-5-4-12(19-13)7-14-10-2-3-10/h4-5,8,10,14-15H,2-3,6-7H2,1H3. The summed E-state index contributed by atoms with van der Waals surface area (Å²) in [6, 6.07) is 3.73. The third-order valence-electron chi connectivity index (χ3n) is 3.15. The fourth-order valence-electron chi connectivity index (χ4n) is 1.86. The second kappa shape index (κ2) is 5.88. The summed E-state index contributed by atoms with van der Waals surface area (Å²) in [6.45, 7) is 2.61. The summed E-state index contributed by atoms with van der Waals surface area (Å²) in [4.78, 5) is 4.22. The Morgan fingerprint density at radius 3 is 2.86 bits per heavy atom. The van der Waals surface area contributed by atoms with Crippen LogP contribution in [0.2, 0.25) is 0 Å². The van der Waals surface area contributed by atoms with Gasteiger partial charge in [-0.15, -0.1) is 11.3 Å². The van der Waals surface area contributed by atoms with E-state index in [1.54, 1.807) is 6.07 Å². The molecular formula is C13H17N3O3S2. The van der Waals surface area contributed by atoms with E-state index in [9.17, 15) is 8.42 Å². The summed E-state index contributed by atoms with van der Waals surface area (Å²) in [5.41, 5.74) is 0.711. The molecule has 0 bridgehead atoms. The van der Waals surface area contributed by atoms with Crippen LogP contribution >= 0.6 is 11.3 Å². The number of nitrogens with one attached hydrogen (secondary N) is 2. The zero-order valence-electron chi connectivity index (χ0n) is 11.6. The second-order valence-electron chi connectivity index (χ2n) is 5.06. The van der Waals surface area contributed by atoms with Crippen LogP contribution in [-0.2, 0) is 23.1 Å². The summed E-state index contributed by atoms with van der Waals surface area (Å²) >= 11 is 1.49. The molecule has 0 amide bonds. The van der Waals surface area contributed by atoms with E-state index in [-0.39, 0.29) is 11.6 Å². The predicted molar refractivity (Wildman–Crippen MR) is 79.4 cm³/mol. The first-order chi connectivity index (χ1) is 10.0. The summed E-state index contributed by atoms with van der Waals surface area (Å²) in [6.07, 6.45) is 2.36. The first kappa shape index (κ1) is 14.7. The SMILES string of the molecule is Cc1nc(CNS(=O)(=O)c2ccc(CNC3CC3)o2)cs1. The first-order valence-electron chi connectivity index (χ1n) is 6.76. The minimum absolute atomic E-state index is 0.0537. The van der Waals surface area contributed by atoms with E-state index in [4.69, 9.17) is 4.42 Å². The van der Waals surface area contributed by atoms with Crippen molar-refractivity contribution in [2.75, 3.05) is 0 Å². The van der Waals surface area contributed by atoms with Crippen molar-refractivity contribution in [3.8, 4) is 0 Å². The van der Waals surface area contributed by atoms with Crippen LogP contribution in [0.3, 0.4) is 0 Å². The Morgan fingerprint density at radius 2 is 2.19 bits per heavy atom. The molecule has 21 heavy (non-hydrogen) atoms. The third-order valence-corrected chi connectivity index (χ3v) is 5.25. The molecule has 3 rings (SSSR count). The second-order valence-corrected chi connectivity index (χ2v) is 7.82. The highest BCUT2D eigenvalue weighted by atomic mass is 32.2. The quantitative estimate of drug-likeness (QED) is 0.810. The highest BCUT2D eigenvalue weighted by Crippen LogP contribution is 2.20. The molecule has 2 aromatic rings. The van der Waals surface area contributed by atoms with Gasteiger partial charge in [0.15, 0.2) is 0 Å².